The second kappa shape index (κ2) is 5.48. The van der Waals surface area contributed by atoms with Crippen molar-refractivity contribution in [3.8, 4) is 5.75 Å². The molecule has 6 heteroatoms. The average Bonchev–Trinajstić information content (AvgIpc) is 2.72. The molecular weight excluding hydrogens is 421 g/mol. The lowest BCUT2D eigenvalue weighted by atomic mass is 10.0. The summed E-state index contributed by atoms with van der Waals surface area (Å²) < 4.78 is 1.10. The molecule has 0 saturated heterocycles. The fraction of sp³-hybridized carbons (Fsp3) is 0. The quantitative estimate of drug-likeness (QED) is 0.623. The molecule has 1 heterocycles. The van der Waals surface area contributed by atoms with E-state index in [9.17, 15) is 9.90 Å². The number of rotatable bonds is 1. The molecule has 0 aromatic heterocycles. The minimum absolute atomic E-state index is 0.122. The van der Waals surface area contributed by atoms with E-state index in [0.29, 0.717) is 19.5 Å². The van der Waals surface area contributed by atoms with Crippen molar-refractivity contribution in [2.75, 3.05) is 5.32 Å². The lowest BCUT2D eigenvalue weighted by Gasteiger charge is -2.04. The first-order valence-corrected chi connectivity index (χ1v) is 7.93. The zero-order chi connectivity index (χ0) is 15.1. The van der Waals surface area contributed by atoms with Crippen LogP contribution < -0.4 is 5.32 Å². The largest absolute Gasteiger partial charge is 0.506 e. The zero-order valence-electron chi connectivity index (χ0n) is 10.5. The van der Waals surface area contributed by atoms with E-state index in [1.54, 1.807) is 36.4 Å². The Morgan fingerprint density at radius 3 is 2.48 bits per heavy atom. The van der Waals surface area contributed by atoms with Gasteiger partial charge in [0.25, 0.3) is 5.91 Å². The summed E-state index contributed by atoms with van der Waals surface area (Å²) >= 11 is 12.5. The number of aromatic hydroxyl groups is 1. The highest BCUT2D eigenvalue weighted by molar-refractivity contribution is 9.11. The third kappa shape index (κ3) is 2.73. The molecule has 0 bridgehead atoms. The number of fused-ring (bicyclic) bond motifs is 1. The van der Waals surface area contributed by atoms with Crippen LogP contribution in [0, 0.1) is 0 Å². The summed E-state index contributed by atoms with van der Waals surface area (Å²) in [5.74, 6) is -0.0518. The SMILES string of the molecule is O=C1Nc2ccc(Cl)cc2/C1=C/c1cc(Br)c(O)c(Br)c1. The van der Waals surface area contributed by atoms with E-state index in [4.69, 9.17) is 11.6 Å². The molecule has 21 heavy (non-hydrogen) atoms. The monoisotopic (exact) mass is 427 g/mol. The van der Waals surface area contributed by atoms with Crippen LogP contribution in [0.3, 0.4) is 0 Å². The van der Waals surface area contributed by atoms with Gasteiger partial charge in [-0.25, -0.2) is 0 Å². The van der Waals surface area contributed by atoms with Crippen LogP contribution in [-0.2, 0) is 4.79 Å². The van der Waals surface area contributed by atoms with Gasteiger partial charge in [0.2, 0.25) is 0 Å². The number of halogens is 3. The summed E-state index contributed by atoms with van der Waals surface area (Å²) in [6.45, 7) is 0. The van der Waals surface area contributed by atoms with Crippen LogP contribution in [0.25, 0.3) is 11.6 Å². The Labute approximate surface area is 142 Å². The number of amides is 1. The third-order valence-corrected chi connectivity index (χ3v) is 4.56. The van der Waals surface area contributed by atoms with E-state index < -0.39 is 0 Å². The normalized spacial score (nSPS) is 15.2. The number of phenolic OH excluding ortho intramolecular Hbond substituents is 1. The fourth-order valence-corrected chi connectivity index (χ4v) is 3.53. The number of carbonyl (C=O) groups excluding carboxylic acids is 1. The molecule has 0 saturated carbocycles. The van der Waals surface area contributed by atoms with Gasteiger partial charge in [0.05, 0.1) is 8.95 Å². The van der Waals surface area contributed by atoms with Gasteiger partial charge in [-0.3, -0.25) is 4.79 Å². The first-order valence-electron chi connectivity index (χ1n) is 5.96. The van der Waals surface area contributed by atoms with Gasteiger partial charge in [-0.05, 0) is 73.8 Å². The number of hydrogen-bond acceptors (Lipinski definition) is 2. The van der Waals surface area contributed by atoms with Crippen LogP contribution >= 0.6 is 43.5 Å². The van der Waals surface area contributed by atoms with Gasteiger partial charge in [0, 0.05) is 21.8 Å². The molecule has 0 fully saturated rings. The molecule has 0 radical (unpaired) electrons. The number of carbonyl (C=O) groups is 1. The van der Waals surface area contributed by atoms with Gasteiger partial charge >= 0.3 is 0 Å². The molecule has 3 nitrogen and oxygen atoms in total. The summed E-state index contributed by atoms with van der Waals surface area (Å²) in [6, 6.07) is 8.74. The minimum atomic E-state index is -0.174. The van der Waals surface area contributed by atoms with Crippen molar-refractivity contribution >= 4 is 66.7 Å². The van der Waals surface area contributed by atoms with E-state index in [-0.39, 0.29) is 11.7 Å². The van der Waals surface area contributed by atoms with Crippen molar-refractivity contribution in [1.29, 1.82) is 0 Å². The van der Waals surface area contributed by atoms with Crippen molar-refractivity contribution < 1.29 is 9.90 Å². The maximum absolute atomic E-state index is 12.1. The number of benzene rings is 2. The van der Waals surface area contributed by atoms with Gasteiger partial charge in [0.1, 0.15) is 5.75 Å². The Morgan fingerprint density at radius 2 is 1.81 bits per heavy atom. The van der Waals surface area contributed by atoms with Gasteiger partial charge in [-0.2, -0.15) is 0 Å². The zero-order valence-corrected chi connectivity index (χ0v) is 14.4. The summed E-state index contributed by atoms with van der Waals surface area (Å²) in [5, 5.41) is 13.1. The summed E-state index contributed by atoms with van der Waals surface area (Å²) in [7, 11) is 0. The molecule has 0 spiro atoms. The van der Waals surface area contributed by atoms with E-state index in [1.807, 2.05) is 0 Å². The smallest absolute Gasteiger partial charge is 0.256 e. The van der Waals surface area contributed by atoms with Gasteiger partial charge in [-0.15, -0.1) is 0 Å². The van der Waals surface area contributed by atoms with Gasteiger partial charge in [0.15, 0.2) is 0 Å². The Kier molecular flexibility index (Phi) is 3.82. The molecule has 106 valence electrons. The van der Waals surface area contributed by atoms with E-state index >= 15 is 0 Å². The van der Waals surface area contributed by atoms with Crippen molar-refractivity contribution in [3.63, 3.8) is 0 Å². The van der Waals surface area contributed by atoms with Crippen molar-refractivity contribution in [2.45, 2.75) is 0 Å². The molecule has 1 amide bonds. The molecule has 2 aromatic rings. The van der Waals surface area contributed by atoms with E-state index in [1.165, 1.54) is 0 Å². The van der Waals surface area contributed by atoms with Gasteiger partial charge in [-0.1, -0.05) is 11.6 Å². The molecule has 0 unspecified atom stereocenters. The van der Waals surface area contributed by atoms with Crippen LogP contribution in [0.15, 0.2) is 39.3 Å². The van der Waals surface area contributed by atoms with Crippen LogP contribution in [0.4, 0.5) is 5.69 Å². The average molecular weight is 429 g/mol. The highest BCUT2D eigenvalue weighted by Gasteiger charge is 2.24. The van der Waals surface area contributed by atoms with Crippen LogP contribution in [0.5, 0.6) is 5.75 Å². The van der Waals surface area contributed by atoms with Crippen molar-refractivity contribution in [1.82, 2.24) is 0 Å². The molecule has 1 aliphatic rings. The Bertz CT molecular complexity index is 779. The second-order valence-electron chi connectivity index (χ2n) is 4.54. The number of anilines is 1. The summed E-state index contributed by atoms with van der Waals surface area (Å²) in [6.07, 6.45) is 1.76. The second-order valence-corrected chi connectivity index (χ2v) is 6.68. The number of hydrogen-bond donors (Lipinski definition) is 2. The Hall–Kier alpha value is -1.30. The van der Waals surface area contributed by atoms with Crippen molar-refractivity contribution in [3.05, 3.63) is 55.4 Å². The lowest BCUT2D eigenvalue weighted by Crippen LogP contribution is -2.03. The number of phenols is 1. The van der Waals surface area contributed by atoms with Crippen LogP contribution in [0.1, 0.15) is 11.1 Å². The molecule has 2 N–H and O–H groups in total. The highest BCUT2D eigenvalue weighted by atomic mass is 79.9. The molecule has 0 atom stereocenters. The first-order chi connectivity index (χ1) is 9.95. The maximum atomic E-state index is 12.1. The summed E-state index contributed by atoms with van der Waals surface area (Å²) in [4.78, 5) is 12.1. The molecule has 3 rings (SSSR count). The molecule has 2 aromatic carbocycles. The predicted octanol–water partition coefficient (Wildman–Crippen LogP) is 5.06. The molecule has 0 aliphatic carbocycles. The van der Waals surface area contributed by atoms with Crippen molar-refractivity contribution in [2.24, 2.45) is 0 Å². The first kappa shape index (κ1) is 14.6. The fourth-order valence-electron chi connectivity index (χ4n) is 2.14. The third-order valence-electron chi connectivity index (χ3n) is 3.11. The maximum Gasteiger partial charge on any atom is 0.256 e. The Morgan fingerprint density at radius 1 is 1.14 bits per heavy atom. The van der Waals surface area contributed by atoms with Crippen LogP contribution in [0.2, 0.25) is 5.02 Å². The summed E-state index contributed by atoms with van der Waals surface area (Å²) in [5.41, 5.74) is 2.84. The predicted molar refractivity (Wildman–Crippen MR) is 91.5 cm³/mol. The number of nitrogens with one attached hydrogen (secondary N) is 1. The van der Waals surface area contributed by atoms with Gasteiger partial charge < -0.3 is 10.4 Å². The highest BCUT2D eigenvalue weighted by Crippen LogP contribution is 2.37. The lowest BCUT2D eigenvalue weighted by molar-refractivity contribution is -0.110. The molecule has 1 aliphatic heterocycles. The standard InChI is InChI=1S/C15H8Br2ClNO2/c16-11-4-7(5-12(17)14(11)20)3-10-9-6-8(18)1-2-13(9)19-15(10)21/h1-6,20H,(H,19,21)/b10-3-. The van der Waals surface area contributed by atoms with E-state index in [2.05, 4.69) is 37.2 Å². The topological polar surface area (TPSA) is 49.3 Å². The minimum Gasteiger partial charge on any atom is -0.506 e. The van der Waals surface area contributed by atoms with E-state index in [0.717, 1.165) is 16.8 Å². The molecular formula is C15H8Br2ClNO2. The van der Waals surface area contributed by atoms with Crippen LogP contribution in [-0.4, -0.2) is 11.0 Å². The Balaban J connectivity index is 2.13.